The highest BCUT2D eigenvalue weighted by Crippen LogP contribution is 2.43. The van der Waals surface area contributed by atoms with E-state index < -0.39 is 0 Å². The van der Waals surface area contributed by atoms with Gasteiger partial charge in [-0.25, -0.2) is 0 Å². The standard InChI is InChI=1S/C37H23N3/c1-2-9-28(10-3-1)39-20-19-26-21-34-36-31(37(26)39)18-15-25-8-6-12-33(35(25)36)40(34)29-16-13-24(14-17-29)32-23-38-22-27-7-4-5-11-30(27)32/h1-23H. The van der Waals surface area contributed by atoms with E-state index in [4.69, 9.17) is 0 Å². The Labute approximate surface area is 230 Å². The molecule has 6 aromatic carbocycles. The Kier molecular flexibility index (Phi) is 4.33. The summed E-state index contributed by atoms with van der Waals surface area (Å²) < 4.78 is 4.74. The molecule has 0 fully saturated rings. The maximum atomic E-state index is 4.51. The third-order valence-electron chi connectivity index (χ3n) is 8.37. The summed E-state index contributed by atoms with van der Waals surface area (Å²) >= 11 is 0. The summed E-state index contributed by atoms with van der Waals surface area (Å²) in [5.74, 6) is 0. The fraction of sp³-hybridized carbons (Fsp3) is 0. The molecule has 0 spiro atoms. The molecule has 0 aliphatic heterocycles. The lowest BCUT2D eigenvalue weighted by atomic mass is 10.0. The molecular weight excluding hydrogens is 486 g/mol. The first-order chi connectivity index (χ1) is 19.8. The first-order valence-corrected chi connectivity index (χ1v) is 13.6. The molecule has 0 N–H and O–H groups in total. The van der Waals surface area contributed by atoms with Crippen LogP contribution < -0.4 is 0 Å². The lowest BCUT2D eigenvalue weighted by Crippen LogP contribution is -1.95. The summed E-state index contributed by atoms with van der Waals surface area (Å²) in [4.78, 5) is 4.51. The fourth-order valence-electron chi connectivity index (χ4n) is 6.60. The van der Waals surface area contributed by atoms with E-state index in [1.807, 2.05) is 12.4 Å². The van der Waals surface area contributed by atoms with E-state index in [9.17, 15) is 0 Å². The highest BCUT2D eigenvalue weighted by molar-refractivity contribution is 6.29. The van der Waals surface area contributed by atoms with Crippen molar-refractivity contribution in [1.29, 1.82) is 0 Å². The van der Waals surface area contributed by atoms with Gasteiger partial charge in [-0.2, -0.15) is 0 Å². The number of pyridine rings is 1. The minimum Gasteiger partial charge on any atom is -0.316 e. The van der Waals surface area contributed by atoms with E-state index in [2.05, 4.69) is 142 Å². The number of para-hydroxylation sites is 1. The number of hydrogen-bond donors (Lipinski definition) is 0. The Bertz CT molecular complexity index is 2350. The Morgan fingerprint density at radius 2 is 1.32 bits per heavy atom. The monoisotopic (exact) mass is 509 g/mol. The van der Waals surface area contributed by atoms with Crippen molar-refractivity contribution in [2.45, 2.75) is 0 Å². The van der Waals surface area contributed by atoms with Gasteiger partial charge in [-0.3, -0.25) is 4.98 Å². The zero-order valence-electron chi connectivity index (χ0n) is 21.6. The number of aromatic nitrogens is 3. The largest absolute Gasteiger partial charge is 0.316 e. The van der Waals surface area contributed by atoms with E-state index in [0.717, 1.165) is 16.6 Å². The lowest BCUT2D eigenvalue weighted by Gasteiger charge is -2.11. The van der Waals surface area contributed by atoms with Gasteiger partial charge in [-0.1, -0.05) is 78.9 Å². The summed E-state index contributed by atoms with van der Waals surface area (Å²) in [6, 6.07) is 43.8. The number of benzene rings is 6. The van der Waals surface area contributed by atoms with E-state index in [0.29, 0.717) is 0 Å². The average molecular weight is 510 g/mol. The van der Waals surface area contributed by atoms with Crippen molar-refractivity contribution in [3.63, 3.8) is 0 Å². The molecule has 9 aromatic rings. The van der Waals surface area contributed by atoms with Crippen LogP contribution in [0.5, 0.6) is 0 Å². The number of nitrogens with zero attached hydrogens (tertiary/aromatic N) is 3. The molecule has 0 amide bonds. The maximum Gasteiger partial charge on any atom is 0.0608 e. The molecule has 0 radical (unpaired) electrons. The Morgan fingerprint density at radius 3 is 2.23 bits per heavy atom. The smallest absolute Gasteiger partial charge is 0.0608 e. The normalized spacial score (nSPS) is 12.0. The van der Waals surface area contributed by atoms with Crippen LogP contribution in [0, 0.1) is 0 Å². The summed E-state index contributed by atoms with van der Waals surface area (Å²) in [6.45, 7) is 0. The molecule has 40 heavy (non-hydrogen) atoms. The lowest BCUT2D eigenvalue weighted by molar-refractivity contribution is 1.13. The molecular formula is C37H23N3. The summed E-state index contributed by atoms with van der Waals surface area (Å²) in [5.41, 5.74) is 8.38. The SMILES string of the molecule is c1ccc(-n2ccc3cc4c5c(ccc6cccc(c65)n4-c4ccc(-c5cncc6ccccc56)cc4)c32)cc1. The molecule has 3 aromatic heterocycles. The highest BCUT2D eigenvalue weighted by Gasteiger charge is 2.20. The van der Waals surface area contributed by atoms with Gasteiger partial charge in [-0.15, -0.1) is 0 Å². The van der Waals surface area contributed by atoms with Gasteiger partial charge in [-0.05, 0) is 58.8 Å². The minimum absolute atomic E-state index is 1.16. The Morgan fingerprint density at radius 1 is 0.500 bits per heavy atom. The fourth-order valence-corrected chi connectivity index (χ4v) is 6.60. The van der Waals surface area contributed by atoms with Crippen LogP contribution in [0.1, 0.15) is 0 Å². The third kappa shape index (κ3) is 2.92. The van der Waals surface area contributed by atoms with Crippen molar-refractivity contribution in [3.05, 3.63) is 140 Å². The van der Waals surface area contributed by atoms with Crippen molar-refractivity contribution >= 4 is 54.3 Å². The molecule has 3 heterocycles. The zero-order chi connectivity index (χ0) is 26.2. The second-order valence-corrected chi connectivity index (χ2v) is 10.5. The Hall–Kier alpha value is -5.41. The van der Waals surface area contributed by atoms with Gasteiger partial charge in [0.2, 0.25) is 0 Å². The summed E-state index contributed by atoms with van der Waals surface area (Å²) in [6.07, 6.45) is 6.10. The van der Waals surface area contributed by atoms with Crippen LogP contribution in [0.25, 0.3) is 76.8 Å². The summed E-state index contributed by atoms with van der Waals surface area (Å²) in [7, 11) is 0. The first-order valence-electron chi connectivity index (χ1n) is 13.6. The predicted molar refractivity (Wildman–Crippen MR) is 167 cm³/mol. The van der Waals surface area contributed by atoms with Crippen molar-refractivity contribution in [2.75, 3.05) is 0 Å². The molecule has 0 aliphatic rings. The molecule has 0 saturated carbocycles. The quantitative estimate of drug-likeness (QED) is 0.217. The van der Waals surface area contributed by atoms with Gasteiger partial charge < -0.3 is 9.13 Å². The molecule has 3 heteroatoms. The molecule has 0 atom stereocenters. The molecule has 9 rings (SSSR count). The van der Waals surface area contributed by atoms with E-state index in [1.54, 1.807) is 0 Å². The van der Waals surface area contributed by atoms with Gasteiger partial charge >= 0.3 is 0 Å². The van der Waals surface area contributed by atoms with Crippen molar-refractivity contribution in [1.82, 2.24) is 14.1 Å². The van der Waals surface area contributed by atoms with Crippen molar-refractivity contribution < 1.29 is 0 Å². The van der Waals surface area contributed by atoms with Crippen LogP contribution in [-0.4, -0.2) is 14.1 Å². The van der Waals surface area contributed by atoms with Crippen LogP contribution >= 0.6 is 0 Å². The molecule has 0 saturated heterocycles. The molecule has 186 valence electrons. The zero-order valence-corrected chi connectivity index (χ0v) is 21.6. The number of fused-ring (bicyclic) bond motifs is 3. The van der Waals surface area contributed by atoms with Crippen LogP contribution in [-0.2, 0) is 0 Å². The third-order valence-corrected chi connectivity index (χ3v) is 8.37. The van der Waals surface area contributed by atoms with Crippen LogP contribution in [0.2, 0.25) is 0 Å². The van der Waals surface area contributed by atoms with Crippen LogP contribution in [0.4, 0.5) is 0 Å². The molecule has 0 aliphatic carbocycles. The highest BCUT2D eigenvalue weighted by atomic mass is 15.0. The van der Waals surface area contributed by atoms with Crippen molar-refractivity contribution in [3.8, 4) is 22.5 Å². The van der Waals surface area contributed by atoms with Gasteiger partial charge in [0, 0.05) is 62.5 Å². The van der Waals surface area contributed by atoms with Gasteiger partial charge in [0.15, 0.2) is 0 Å². The van der Waals surface area contributed by atoms with E-state index in [1.165, 1.54) is 60.1 Å². The molecule has 0 unspecified atom stereocenters. The Balaban J connectivity index is 1.31. The van der Waals surface area contributed by atoms with Crippen LogP contribution in [0.15, 0.2) is 140 Å². The second-order valence-electron chi connectivity index (χ2n) is 10.5. The minimum atomic E-state index is 1.16. The van der Waals surface area contributed by atoms with Gasteiger partial charge in [0.25, 0.3) is 0 Å². The molecule has 3 nitrogen and oxygen atoms in total. The van der Waals surface area contributed by atoms with Crippen molar-refractivity contribution in [2.24, 2.45) is 0 Å². The van der Waals surface area contributed by atoms with Gasteiger partial charge in [0.1, 0.15) is 0 Å². The van der Waals surface area contributed by atoms with Crippen LogP contribution in [0.3, 0.4) is 0 Å². The summed E-state index contributed by atoms with van der Waals surface area (Å²) in [5, 5.41) is 8.80. The van der Waals surface area contributed by atoms with E-state index >= 15 is 0 Å². The van der Waals surface area contributed by atoms with E-state index in [-0.39, 0.29) is 0 Å². The second kappa shape index (κ2) is 8.05. The topological polar surface area (TPSA) is 22.8 Å². The molecule has 0 bridgehead atoms. The number of rotatable bonds is 3. The van der Waals surface area contributed by atoms with Gasteiger partial charge in [0.05, 0.1) is 16.6 Å². The average Bonchev–Trinajstić information content (AvgIpc) is 3.60. The first kappa shape index (κ1) is 21.5. The predicted octanol–water partition coefficient (Wildman–Crippen LogP) is 9.53. The maximum absolute atomic E-state index is 4.51. The number of hydrogen-bond acceptors (Lipinski definition) is 1.